The van der Waals surface area contributed by atoms with Crippen LogP contribution in [0, 0.1) is 0 Å². The zero-order valence-electron chi connectivity index (χ0n) is 63.1. The number of rotatable bonds is 14. The molecule has 20 aromatic carbocycles. The molecule has 2 nitrogen and oxygen atoms in total. The molecule has 0 amide bonds. The Bertz CT molecular complexity index is 6510. The SMILES string of the molecule is CC(C)(C)c1ccc(Cc2cc3c4c(c2)N(CCc2c(-c5ccccc5)cccc2-c2ccccc2)c2cc(-c5ccc6c7cccc8cccc(c9cccc5c96)c87)ccc2B4c2ccc(-c4ccc5c6cccc7cccc(c8cccc4c85)c76)cc2N3CCc2c(-c3ccccc3)cccc2-c2ccccc2)cc1. The first-order valence-corrected chi connectivity index (χ1v) is 39.9. The first-order valence-electron chi connectivity index (χ1n) is 39.9. The lowest BCUT2D eigenvalue weighted by atomic mass is 9.33. The van der Waals surface area contributed by atoms with Gasteiger partial charge < -0.3 is 9.80 Å². The number of nitrogens with zero attached hydrogens (tertiary/aromatic N) is 2. The van der Waals surface area contributed by atoms with Crippen LogP contribution < -0.4 is 26.2 Å². The van der Waals surface area contributed by atoms with Gasteiger partial charge in [-0.2, -0.15) is 0 Å². The van der Waals surface area contributed by atoms with Gasteiger partial charge in [-0.3, -0.25) is 0 Å². The summed E-state index contributed by atoms with van der Waals surface area (Å²) < 4.78 is 0. The average Bonchev–Trinajstić information content (AvgIpc) is 0.698. The molecule has 2 aliphatic heterocycles. The molecule has 20 aromatic rings. The van der Waals surface area contributed by atoms with Crippen molar-refractivity contribution in [3.05, 3.63) is 392 Å². The summed E-state index contributed by atoms with van der Waals surface area (Å²) in [6.45, 7) is 8.27. The highest BCUT2D eigenvalue weighted by molar-refractivity contribution is 7.00. The summed E-state index contributed by atoms with van der Waals surface area (Å²) in [7, 11) is 0. The van der Waals surface area contributed by atoms with Crippen LogP contribution in [-0.2, 0) is 24.7 Å². The highest BCUT2D eigenvalue weighted by Gasteiger charge is 2.44. The molecule has 0 saturated heterocycles. The highest BCUT2D eigenvalue weighted by Crippen LogP contribution is 2.49. The third-order valence-corrected chi connectivity index (χ3v) is 25.1. The number of hydrogen-bond donors (Lipinski definition) is 0. The molecule has 528 valence electrons. The normalized spacial score (nSPS) is 12.7. The van der Waals surface area contributed by atoms with E-state index in [9.17, 15) is 0 Å². The molecule has 0 atom stereocenters. The van der Waals surface area contributed by atoms with Crippen molar-refractivity contribution < 1.29 is 0 Å². The fourth-order valence-corrected chi connectivity index (χ4v) is 20.0. The minimum atomic E-state index is -0.125. The minimum Gasteiger partial charge on any atom is -0.342 e. The Kier molecular flexibility index (Phi) is 15.4. The standard InChI is InChI=1S/C109H79BN2/c1-109(2,3)79-52-48-69(49-53-79)64-70-65-102-108-103(66-70)112(63-61-87-82(73-28-12-6-13-29-73)38-21-39-83(87)74-30-14-7-15-31-74)101-68-78(85-55-57-97-93-43-19-35-76-33-17-41-91(105(76)93)95-47-23-45-89(85)107(95)97)51-59-99(101)110(108)98-58-50-77(84-54-56-96-92-42-18-34-75-32-16-40-90(104(75)92)94-46-22-44-88(84)106(94)96)67-100(98)111(102)62-60-86-80(71-24-8-4-9-25-71)36-20-37-81(86)72-26-10-5-11-27-72/h4-59,65-68H,60-64H2,1-3H3. The summed E-state index contributed by atoms with van der Waals surface area (Å²) in [6.07, 6.45) is 2.32. The van der Waals surface area contributed by atoms with Gasteiger partial charge in [0.1, 0.15) is 0 Å². The zero-order chi connectivity index (χ0) is 74.3. The lowest BCUT2D eigenvalue weighted by molar-refractivity contribution is 0.590. The van der Waals surface area contributed by atoms with E-state index in [2.05, 4.69) is 395 Å². The molecule has 0 unspecified atom stereocenters. The van der Waals surface area contributed by atoms with Gasteiger partial charge in [-0.05, 0) is 246 Å². The number of hydrogen-bond acceptors (Lipinski definition) is 2. The molecule has 22 rings (SSSR count). The predicted molar refractivity (Wildman–Crippen MR) is 481 cm³/mol. The summed E-state index contributed by atoms with van der Waals surface area (Å²) in [6, 6.07) is 139. The van der Waals surface area contributed by atoms with Crippen LogP contribution in [0.3, 0.4) is 0 Å². The summed E-state index contributed by atoms with van der Waals surface area (Å²) >= 11 is 0. The zero-order valence-corrected chi connectivity index (χ0v) is 63.1. The Balaban J connectivity index is 0.803. The van der Waals surface area contributed by atoms with Gasteiger partial charge in [0.2, 0.25) is 0 Å². The van der Waals surface area contributed by atoms with Gasteiger partial charge in [0.25, 0.3) is 6.71 Å². The van der Waals surface area contributed by atoms with Crippen molar-refractivity contribution in [2.75, 3.05) is 22.9 Å². The van der Waals surface area contributed by atoms with E-state index in [1.54, 1.807) is 0 Å². The van der Waals surface area contributed by atoms with Crippen LogP contribution in [0.2, 0.25) is 0 Å². The second-order valence-corrected chi connectivity index (χ2v) is 32.3. The molecule has 0 bridgehead atoms. The van der Waals surface area contributed by atoms with Crippen molar-refractivity contribution in [2.45, 2.75) is 45.4 Å². The van der Waals surface area contributed by atoms with Gasteiger partial charge in [0.15, 0.2) is 0 Å². The molecule has 0 aliphatic carbocycles. The van der Waals surface area contributed by atoms with Crippen molar-refractivity contribution in [3.63, 3.8) is 0 Å². The second kappa shape index (κ2) is 26.2. The predicted octanol–water partition coefficient (Wildman–Crippen LogP) is 26.6. The van der Waals surface area contributed by atoms with Crippen molar-refractivity contribution in [2.24, 2.45) is 0 Å². The Hall–Kier alpha value is -13.3. The first-order chi connectivity index (χ1) is 55.2. The molecule has 0 fully saturated rings. The molecule has 0 radical (unpaired) electrons. The third-order valence-electron chi connectivity index (χ3n) is 25.1. The Morgan fingerprint density at radius 1 is 0.250 bits per heavy atom. The molecule has 0 saturated carbocycles. The highest BCUT2D eigenvalue weighted by atomic mass is 15.2. The van der Waals surface area contributed by atoms with E-state index in [4.69, 9.17) is 0 Å². The van der Waals surface area contributed by atoms with Crippen molar-refractivity contribution >= 4 is 132 Å². The van der Waals surface area contributed by atoms with Crippen LogP contribution in [0.5, 0.6) is 0 Å². The van der Waals surface area contributed by atoms with Gasteiger partial charge in [-0.1, -0.05) is 360 Å². The van der Waals surface area contributed by atoms with E-state index in [1.807, 2.05) is 0 Å². The van der Waals surface area contributed by atoms with Gasteiger partial charge in [0, 0.05) is 35.8 Å². The molecule has 0 aromatic heterocycles. The number of anilines is 4. The van der Waals surface area contributed by atoms with Gasteiger partial charge in [0.05, 0.1) is 0 Å². The van der Waals surface area contributed by atoms with Crippen molar-refractivity contribution in [3.8, 4) is 66.8 Å². The molecule has 2 aliphatic rings. The molecule has 0 N–H and O–H groups in total. The molecule has 112 heavy (non-hydrogen) atoms. The summed E-state index contributed by atoms with van der Waals surface area (Å²) in [5.74, 6) is 0. The monoisotopic (exact) mass is 1430 g/mol. The molecular weight excluding hydrogens is 1350 g/mol. The number of fused-ring (bicyclic) bond motifs is 8. The third kappa shape index (κ3) is 10.6. The van der Waals surface area contributed by atoms with Gasteiger partial charge in [-0.25, -0.2) is 0 Å². The van der Waals surface area contributed by atoms with Gasteiger partial charge >= 0.3 is 0 Å². The minimum absolute atomic E-state index is 0.0142. The maximum Gasteiger partial charge on any atom is 0.252 e. The largest absolute Gasteiger partial charge is 0.342 e. The Morgan fingerprint density at radius 3 is 0.964 bits per heavy atom. The second-order valence-electron chi connectivity index (χ2n) is 32.3. The van der Waals surface area contributed by atoms with E-state index in [0.717, 1.165) is 19.3 Å². The summed E-state index contributed by atoms with van der Waals surface area (Å²) in [5, 5.41) is 20.8. The Morgan fingerprint density at radius 2 is 0.589 bits per heavy atom. The average molecular weight is 1430 g/mol. The van der Waals surface area contributed by atoms with E-state index < -0.39 is 0 Å². The van der Waals surface area contributed by atoms with Crippen LogP contribution in [-0.4, -0.2) is 19.8 Å². The van der Waals surface area contributed by atoms with Crippen molar-refractivity contribution in [1.82, 2.24) is 0 Å². The van der Waals surface area contributed by atoms with Crippen LogP contribution in [0.25, 0.3) is 153 Å². The Labute approximate surface area is 654 Å². The van der Waals surface area contributed by atoms with Crippen LogP contribution in [0.1, 0.15) is 48.6 Å². The smallest absolute Gasteiger partial charge is 0.252 e. The van der Waals surface area contributed by atoms with Crippen LogP contribution in [0.15, 0.2) is 364 Å². The van der Waals surface area contributed by atoms with Crippen molar-refractivity contribution in [1.29, 1.82) is 0 Å². The number of benzene rings is 20. The fourth-order valence-electron chi connectivity index (χ4n) is 20.0. The van der Waals surface area contributed by atoms with E-state index >= 15 is 0 Å². The van der Waals surface area contributed by atoms with Crippen LogP contribution >= 0.6 is 0 Å². The topological polar surface area (TPSA) is 6.48 Å². The maximum atomic E-state index is 2.78. The lowest BCUT2D eigenvalue weighted by Gasteiger charge is -2.45. The lowest BCUT2D eigenvalue weighted by Crippen LogP contribution is -2.62. The van der Waals surface area contributed by atoms with Gasteiger partial charge in [-0.15, -0.1) is 0 Å². The summed E-state index contributed by atoms with van der Waals surface area (Å²) in [4.78, 5) is 5.56. The first kappa shape index (κ1) is 65.7. The molecule has 0 spiro atoms. The molecular formula is C109H79BN2. The van der Waals surface area contributed by atoms with Crippen LogP contribution in [0.4, 0.5) is 22.7 Å². The fraction of sp³-hybridized carbons (Fsp3) is 0.0826. The quantitative estimate of drug-likeness (QED) is 0.0608. The van der Waals surface area contributed by atoms with E-state index in [1.165, 1.54) is 220 Å². The summed E-state index contributed by atoms with van der Waals surface area (Å²) in [5.41, 5.74) is 30.5. The molecule has 3 heteroatoms. The maximum absolute atomic E-state index is 2.78. The van der Waals surface area contributed by atoms with E-state index in [0.29, 0.717) is 13.1 Å². The van der Waals surface area contributed by atoms with E-state index in [-0.39, 0.29) is 12.1 Å². The molecule has 2 heterocycles.